The number of hydrogen-bond donors (Lipinski definition) is 0. The summed E-state index contributed by atoms with van der Waals surface area (Å²) in [5.74, 6) is -2.83. The summed E-state index contributed by atoms with van der Waals surface area (Å²) in [6.07, 6.45) is 2.93. The van der Waals surface area contributed by atoms with E-state index in [0.717, 1.165) is 0 Å². The minimum atomic E-state index is -1.02. The topological polar surface area (TPSA) is 30.7 Å². The highest BCUT2D eigenvalue weighted by Crippen LogP contribution is 2.26. The first-order chi connectivity index (χ1) is 9.61. The molecule has 0 radical (unpaired) electrons. The molecule has 2 heterocycles. The maximum Gasteiger partial charge on any atom is 0.153 e. The molecule has 0 atom stereocenters. The Labute approximate surface area is 116 Å². The Hall–Kier alpha value is -2.08. The smallest absolute Gasteiger partial charge is 0.153 e. The third kappa shape index (κ3) is 1.92. The van der Waals surface area contributed by atoms with Gasteiger partial charge in [0.25, 0.3) is 0 Å². The van der Waals surface area contributed by atoms with Crippen molar-refractivity contribution in [1.82, 2.24) is 14.5 Å². The standard InChI is InChI=1S/C13H7ClF3N3/c14-5-12-19-10-6-18-2-1-11(10)20(12)13-8(16)3-7(15)4-9(13)17/h1-4,6H,5H2. The molecule has 0 bridgehead atoms. The lowest BCUT2D eigenvalue weighted by Gasteiger charge is -2.10. The molecule has 2 aromatic heterocycles. The fourth-order valence-corrected chi connectivity index (χ4v) is 2.25. The molecule has 3 rings (SSSR count). The van der Waals surface area contributed by atoms with Crippen LogP contribution >= 0.6 is 11.6 Å². The number of nitrogens with zero attached hydrogens (tertiary/aromatic N) is 3. The van der Waals surface area contributed by atoms with Crippen LogP contribution in [-0.2, 0) is 5.88 Å². The highest BCUT2D eigenvalue weighted by molar-refractivity contribution is 6.17. The number of aromatic nitrogens is 3. The van der Waals surface area contributed by atoms with Crippen molar-refractivity contribution in [3.63, 3.8) is 0 Å². The van der Waals surface area contributed by atoms with Crippen LogP contribution in [0.5, 0.6) is 0 Å². The number of benzene rings is 1. The van der Waals surface area contributed by atoms with E-state index < -0.39 is 23.1 Å². The molecule has 0 saturated heterocycles. The van der Waals surface area contributed by atoms with Crippen molar-refractivity contribution in [3.05, 3.63) is 53.9 Å². The van der Waals surface area contributed by atoms with Gasteiger partial charge in [-0.2, -0.15) is 0 Å². The summed E-state index contributed by atoms with van der Waals surface area (Å²) >= 11 is 5.77. The van der Waals surface area contributed by atoms with Gasteiger partial charge in [-0.3, -0.25) is 9.55 Å². The van der Waals surface area contributed by atoms with Crippen LogP contribution in [0.1, 0.15) is 5.82 Å². The fourth-order valence-electron chi connectivity index (χ4n) is 2.07. The molecular weight excluding hydrogens is 291 g/mol. The van der Waals surface area contributed by atoms with Gasteiger partial charge in [-0.15, -0.1) is 11.6 Å². The Bertz CT molecular complexity index is 778. The Morgan fingerprint density at radius 3 is 2.50 bits per heavy atom. The normalized spacial score (nSPS) is 11.2. The molecule has 3 aromatic rings. The molecule has 0 amide bonds. The van der Waals surface area contributed by atoms with Gasteiger partial charge >= 0.3 is 0 Å². The Balaban J connectivity index is 2.40. The Morgan fingerprint density at radius 1 is 1.15 bits per heavy atom. The lowest BCUT2D eigenvalue weighted by atomic mass is 10.2. The second-order valence-electron chi connectivity index (χ2n) is 4.08. The molecule has 0 fully saturated rings. The molecule has 0 unspecified atom stereocenters. The van der Waals surface area contributed by atoms with Crippen LogP contribution in [0.2, 0.25) is 0 Å². The number of halogens is 4. The van der Waals surface area contributed by atoms with Crippen LogP contribution in [0.4, 0.5) is 13.2 Å². The van der Waals surface area contributed by atoms with E-state index in [4.69, 9.17) is 11.6 Å². The first-order valence-electron chi connectivity index (χ1n) is 5.64. The summed E-state index contributed by atoms with van der Waals surface area (Å²) in [4.78, 5) is 8.04. The minimum Gasteiger partial charge on any atom is -0.290 e. The zero-order valence-electron chi connectivity index (χ0n) is 9.95. The van der Waals surface area contributed by atoms with Gasteiger partial charge in [-0.1, -0.05) is 0 Å². The molecule has 0 aliphatic rings. The summed E-state index contributed by atoms with van der Waals surface area (Å²) in [7, 11) is 0. The SMILES string of the molecule is Fc1cc(F)c(-n2c(CCl)nc3cnccc32)c(F)c1. The largest absolute Gasteiger partial charge is 0.290 e. The molecule has 0 aliphatic carbocycles. The third-order valence-corrected chi connectivity index (χ3v) is 3.09. The summed E-state index contributed by atoms with van der Waals surface area (Å²) in [5.41, 5.74) is 0.488. The van der Waals surface area contributed by atoms with Gasteiger partial charge < -0.3 is 0 Å². The van der Waals surface area contributed by atoms with E-state index in [9.17, 15) is 13.2 Å². The molecule has 0 aliphatic heterocycles. The number of pyridine rings is 1. The molecule has 1 aromatic carbocycles. The summed E-state index contributed by atoms with van der Waals surface area (Å²) in [6, 6.07) is 2.79. The molecule has 102 valence electrons. The number of alkyl halides is 1. The number of rotatable bonds is 2. The van der Waals surface area contributed by atoms with Crippen LogP contribution in [0.25, 0.3) is 16.7 Å². The van der Waals surface area contributed by atoms with Crippen molar-refractivity contribution >= 4 is 22.6 Å². The van der Waals surface area contributed by atoms with Gasteiger partial charge in [0.05, 0.1) is 17.6 Å². The first kappa shape index (κ1) is 12.9. The number of imidazole rings is 1. The van der Waals surface area contributed by atoms with Crippen LogP contribution in [0.3, 0.4) is 0 Å². The van der Waals surface area contributed by atoms with Crippen molar-refractivity contribution in [2.24, 2.45) is 0 Å². The van der Waals surface area contributed by atoms with Crippen molar-refractivity contribution in [2.45, 2.75) is 5.88 Å². The molecule has 0 saturated carbocycles. The van der Waals surface area contributed by atoms with Crippen LogP contribution in [0, 0.1) is 17.5 Å². The molecule has 0 spiro atoms. The highest BCUT2D eigenvalue weighted by Gasteiger charge is 2.19. The van der Waals surface area contributed by atoms with Crippen molar-refractivity contribution < 1.29 is 13.2 Å². The van der Waals surface area contributed by atoms with Crippen molar-refractivity contribution in [2.75, 3.05) is 0 Å². The van der Waals surface area contributed by atoms with Gasteiger partial charge in [-0.25, -0.2) is 18.2 Å². The second-order valence-corrected chi connectivity index (χ2v) is 4.35. The first-order valence-corrected chi connectivity index (χ1v) is 6.17. The van der Waals surface area contributed by atoms with Gasteiger partial charge in [-0.05, 0) is 6.07 Å². The maximum atomic E-state index is 13.9. The van der Waals surface area contributed by atoms with Crippen LogP contribution in [-0.4, -0.2) is 14.5 Å². The molecule has 3 nitrogen and oxygen atoms in total. The number of hydrogen-bond acceptors (Lipinski definition) is 2. The molecule has 7 heteroatoms. The Morgan fingerprint density at radius 2 is 1.85 bits per heavy atom. The van der Waals surface area contributed by atoms with Gasteiger partial charge in [0, 0.05) is 18.3 Å². The van der Waals surface area contributed by atoms with E-state index in [1.54, 1.807) is 6.07 Å². The third-order valence-electron chi connectivity index (χ3n) is 2.85. The summed E-state index contributed by atoms with van der Waals surface area (Å²) in [6.45, 7) is 0. The fraction of sp³-hybridized carbons (Fsp3) is 0.0769. The van der Waals surface area contributed by atoms with E-state index in [1.165, 1.54) is 17.0 Å². The zero-order chi connectivity index (χ0) is 14.3. The monoisotopic (exact) mass is 297 g/mol. The van der Waals surface area contributed by atoms with E-state index >= 15 is 0 Å². The Kier molecular flexibility index (Phi) is 3.10. The van der Waals surface area contributed by atoms with Crippen molar-refractivity contribution in [3.8, 4) is 5.69 Å². The second kappa shape index (κ2) is 4.79. The molecular formula is C13H7ClF3N3. The van der Waals surface area contributed by atoms with E-state index in [1.807, 2.05) is 0 Å². The lowest BCUT2D eigenvalue weighted by molar-refractivity contribution is 0.534. The molecule has 0 N–H and O–H groups in total. The number of fused-ring (bicyclic) bond motifs is 1. The minimum absolute atomic E-state index is 0.0507. The van der Waals surface area contributed by atoms with Crippen LogP contribution < -0.4 is 0 Å². The van der Waals surface area contributed by atoms with Gasteiger partial charge in [0.15, 0.2) is 11.6 Å². The predicted molar refractivity (Wildman–Crippen MR) is 68.3 cm³/mol. The summed E-state index contributed by atoms with van der Waals surface area (Å²) in [5, 5.41) is 0. The van der Waals surface area contributed by atoms with E-state index in [-0.39, 0.29) is 11.7 Å². The zero-order valence-corrected chi connectivity index (χ0v) is 10.7. The van der Waals surface area contributed by atoms with Gasteiger partial charge in [0.2, 0.25) is 0 Å². The molecule has 20 heavy (non-hydrogen) atoms. The predicted octanol–water partition coefficient (Wildman–Crippen LogP) is 3.58. The average Bonchev–Trinajstić information content (AvgIpc) is 2.76. The lowest BCUT2D eigenvalue weighted by Crippen LogP contribution is -2.06. The van der Waals surface area contributed by atoms with Crippen LogP contribution in [0.15, 0.2) is 30.6 Å². The van der Waals surface area contributed by atoms with Gasteiger partial charge in [0.1, 0.15) is 22.8 Å². The van der Waals surface area contributed by atoms with E-state index in [0.29, 0.717) is 23.2 Å². The summed E-state index contributed by atoms with van der Waals surface area (Å²) < 4.78 is 42.1. The highest BCUT2D eigenvalue weighted by atomic mass is 35.5. The van der Waals surface area contributed by atoms with E-state index in [2.05, 4.69) is 9.97 Å². The maximum absolute atomic E-state index is 13.9. The van der Waals surface area contributed by atoms with Crippen molar-refractivity contribution in [1.29, 1.82) is 0 Å². The average molecular weight is 298 g/mol. The quantitative estimate of drug-likeness (QED) is 0.677.